The Morgan fingerprint density at radius 3 is 2.72 bits per heavy atom. The van der Waals surface area contributed by atoms with Gasteiger partial charge in [0.2, 0.25) is 0 Å². The predicted octanol–water partition coefficient (Wildman–Crippen LogP) is 5.71. The molecule has 0 spiro atoms. The SMILES string of the molecule is Fc1cc2[nH]c(-c3ccccn3)nc2cc1SCc1ccccc1Cl. The Bertz CT molecular complexity index is 1030. The van der Waals surface area contributed by atoms with E-state index in [2.05, 4.69) is 15.0 Å². The van der Waals surface area contributed by atoms with E-state index in [0.717, 1.165) is 11.3 Å². The molecule has 0 unspecified atom stereocenters. The highest BCUT2D eigenvalue weighted by Crippen LogP contribution is 2.31. The minimum Gasteiger partial charge on any atom is -0.337 e. The lowest BCUT2D eigenvalue weighted by atomic mass is 10.2. The lowest BCUT2D eigenvalue weighted by molar-refractivity contribution is 0.604. The molecular weight excluding hydrogens is 357 g/mol. The number of aromatic nitrogens is 3. The van der Waals surface area contributed by atoms with Crippen LogP contribution in [-0.4, -0.2) is 15.0 Å². The summed E-state index contributed by atoms with van der Waals surface area (Å²) in [5, 5.41) is 0.689. The average molecular weight is 370 g/mol. The molecule has 0 aliphatic carbocycles. The Hall–Kier alpha value is -2.37. The first-order chi connectivity index (χ1) is 12.2. The van der Waals surface area contributed by atoms with Crippen molar-refractivity contribution in [2.24, 2.45) is 0 Å². The van der Waals surface area contributed by atoms with Crippen molar-refractivity contribution in [1.29, 1.82) is 0 Å². The molecule has 2 aromatic heterocycles. The van der Waals surface area contributed by atoms with Crippen molar-refractivity contribution in [2.75, 3.05) is 0 Å². The van der Waals surface area contributed by atoms with Crippen molar-refractivity contribution in [3.8, 4) is 11.5 Å². The molecule has 0 aliphatic heterocycles. The summed E-state index contributed by atoms with van der Waals surface area (Å²) in [5.74, 6) is 0.948. The minimum atomic E-state index is -0.277. The van der Waals surface area contributed by atoms with Crippen LogP contribution in [0.25, 0.3) is 22.6 Å². The first kappa shape index (κ1) is 16.1. The van der Waals surface area contributed by atoms with Crippen molar-refractivity contribution in [3.05, 3.63) is 77.2 Å². The van der Waals surface area contributed by atoms with E-state index in [4.69, 9.17) is 11.6 Å². The number of nitrogens with one attached hydrogen (secondary N) is 1. The van der Waals surface area contributed by atoms with E-state index < -0.39 is 0 Å². The molecule has 0 amide bonds. The third-order valence-electron chi connectivity index (χ3n) is 3.78. The van der Waals surface area contributed by atoms with Crippen LogP contribution in [0.2, 0.25) is 5.02 Å². The van der Waals surface area contributed by atoms with Gasteiger partial charge in [0.05, 0.1) is 11.0 Å². The monoisotopic (exact) mass is 369 g/mol. The molecule has 4 rings (SSSR count). The van der Waals surface area contributed by atoms with Crippen LogP contribution in [0.15, 0.2) is 65.7 Å². The zero-order valence-corrected chi connectivity index (χ0v) is 14.6. The summed E-state index contributed by atoms with van der Waals surface area (Å²) in [4.78, 5) is 12.5. The highest BCUT2D eigenvalue weighted by atomic mass is 35.5. The van der Waals surface area contributed by atoms with Crippen molar-refractivity contribution in [1.82, 2.24) is 15.0 Å². The van der Waals surface area contributed by atoms with Gasteiger partial charge in [-0.3, -0.25) is 4.98 Å². The fourth-order valence-corrected chi connectivity index (χ4v) is 3.75. The topological polar surface area (TPSA) is 41.6 Å². The third-order valence-corrected chi connectivity index (χ3v) is 5.23. The Kier molecular flexibility index (Phi) is 4.42. The van der Waals surface area contributed by atoms with Crippen molar-refractivity contribution in [3.63, 3.8) is 0 Å². The molecule has 0 bridgehead atoms. The smallest absolute Gasteiger partial charge is 0.157 e. The van der Waals surface area contributed by atoms with Crippen LogP contribution in [0, 0.1) is 5.82 Å². The van der Waals surface area contributed by atoms with E-state index in [1.165, 1.54) is 17.8 Å². The number of benzene rings is 2. The van der Waals surface area contributed by atoms with Gasteiger partial charge in [-0.15, -0.1) is 11.8 Å². The Morgan fingerprint density at radius 2 is 1.92 bits per heavy atom. The van der Waals surface area contributed by atoms with Crippen LogP contribution >= 0.6 is 23.4 Å². The van der Waals surface area contributed by atoms with Gasteiger partial charge in [0.1, 0.15) is 11.5 Å². The van der Waals surface area contributed by atoms with E-state index in [0.29, 0.717) is 32.5 Å². The summed E-state index contributed by atoms with van der Waals surface area (Å²) in [7, 11) is 0. The van der Waals surface area contributed by atoms with E-state index in [-0.39, 0.29) is 5.82 Å². The highest BCUT2D eigenvalue weighted by Gasteiger charge is 2.12. The molecule has 0 saturated carbocycles. The fourth-order valence-electron chi connectivity index (χ4n) is 2.52. The molecule has 3 nitrogen and oxygen atoms in total. The summed E-state index contributed by atoms with van der Waals surface area (Å²) in [5.41, 5.74) is 3.07. The van der Waals surface area contributed by atoms with Crippen molar-refractivity contribution >= 4 is 34.4 Å². The number of aromatic amines is 1. The lowest BCUT2D eigenvalue weighted by Crippen LogP contribution is -1.86. The van der Waals surface area contributed by atoms with Crippen LogP contribution in [-0.2, 0) is 5.75 Å². The molecule has 25 heavy (non-hydrogen) atoms. The van der Waals surface area contributed by atoms with E-state index in [9.17, 15) is 4.39 Å². The number of thioether (sulfide) groups is 1. The summed E-state index contributed by atoms with van der Waals surface area (Å²) < 4.78 is 14.4. The second kappa shape index (κ2) is 6.86. The first-order valence-corrected chi connectivity index (χ1v) is 9.04. The average Bonchev–Trinajstić information content (AvgIpc) is 3.04. The largest absolute Gasteiger partial charge is 0.337 e. The van der Waals surface area contributed by atoms with Gasteiger partial charge in [-0.25, -0.2) is 9.37 Å². The lowest BCUT2D eigenvalue weighted by Gasteiger charge is -2.05. The quantitative estimate of drug-likeness (QED) is 0.468. The number of hydrogen-bond donors (Lipinski definition) is 1. The molecule has 0 radical (unpaired) electrons. The Labute approximate surface area is 153 Å². The van der Waals surface area contributed by atoms with E-state index >= 15 is 0 Å². The predicted molar refractivity (Wildman–Crippen MR) is 100 cm³/mol. The zero-order valence-electron chi connectivity index (χ0n) is 13.0. The number of halogens is 2. The number of rotatable bonds is 4. The molecule has 0 aliphatic rings. The summed E-state index contributed by atoms with van der Waals surface area (Å²) in [6, 6.07) is 16.4. The van der Waals surface area contributed by atoms with Crippen LogP contribution < -0.4 is 0 Å². The van der Waals surface area contributed by atoms with Crippen molar-refractivity contribution in [2.45, 2.75) is 10.6 Å². The van der Waals surface area contributed by atoms with Crippen LogP contribution in [0.3, 0.4) is 0 Å². The summed E-state index contributed by atoms with van der Waals surface area (Å²) in [6.07, 6.45) is 1.70. The van der Waals surface area contributed by atoms with E-state index in [1.54, 1.807) is 12.3 Å². The van der Waals surface area contributed by atoms with Gasteiger partial charge in [0, 0.05) is 27.9 Å². The first-order valence-electron chi connectivity index (χ1n) is 7.67. The van der Waals surface area contributed by atoms with Gasteiger partial charge in [-0.1, -0.05) is 35.9 Å². The molecule has 4 aromatic rings. The number of H-pyrrole nitrogens is 1. The standard InChI is InChI=1S/C19H13ClFN3S/c20-13-6-2-1-5-12(13)11-25-18-10-17-16(9-14(18)21)23-19(24-17)15-7-3-4-8-22-15/h1-10H,11H2,(H,23,24). The second-order valence-corrected chi connectivity index (χ2v) is 6.90. The number of nitrogens with zero attached hydrogens (tertiary/aromatic N) is 2. The third kappa shape index (κ3) is 3.38. The zero-order chi connectivity index (χ0) is 17.2. The molecule has 0 atom stereocenters. The van der Waals surface area contributed by atoms with Gasteiger partial charge in [0.15, 0.2) is 5.82 Å². The van der Waals surface area contributed by atoms with Crippen LogP contribution in [0.4, 0.5) is 4.39 Å². The number of pyridine rings is 1. The van der Waals surface area contributed by atoms with Gasteiger partial charge >= 0.3 is 0 Å². The van der Waals surface area contributed by atoms with E-state index in [1.807, 2.05) is 42.5 Å². The van der Waals surface area contributed by atoms with Gasteiger partial charge < -0.3 is 4.98 Å². The van der Waals surface area contributed by atoms with Gasteiger partial charge in [-0.05, 0) is 29.8 Å². The number of fused-ring (bicyclic) bond motifs is 1. The summed E-state index contributed by atoms with van der Waals surface area (Å²) >= 11 is 7.57. The molecule has 2 heterocycles. The maximum absolute atomic E-state index is 14.4. The minimum absolute atomic E-state index is 0.277. The molecule has 1 N–H and O–H groups in total. The van der Waals surface area contributed by atoms with Crippen LogP contribution in [0.5, 0.6) is 0 Å². The molecule has 124 valence electrons. The Morgan fingerprint density at radius 1 is 1.08 bits per heavy atom. The maximum atomic E-state index is 14.4. The number of hydrogen-bond acceptors (Lipinski definition) is 3. The van der Waals surface area contributed by atoms with Crippen LogP contribution in [0.1, 0.15) is 5.56 Å². The molecule has 2 aromatic carbocycles. The van der Waals surface area contributed by atoms with Gasteiger partial charge in [-0.2, -0.15) is 0 Å². The second-order valence-electron chi connectivity index (χ2n) is 5.48. The Balaban J connectivity index is 1.64. The molecular formula is C19H13ClFN3S. The molecule has 6 heteroatoms. The number of imidazole rings is 1. The highest BCUT2D eigenvalue weighted by molar-refractivity contribution is 7.98. The van der Waals surface area contributed by atoms with Gasteiger partial charge in [0.25, 0.3) is 0 Å². The fraction of sp³-hybridized carbons (Fsp3) is 0.0526. The van der Waals surface area contributed by atoms with Crippen molar-refractivity contribution < 1.29 is 4.39 Å². The molecule has 0 saturated heterocycles. The summed E-state index contributed by atoms with van der Waals surface area (Å²) in [6.45, 7) is 0. The molecule has 0 fully saturated rings. The maximum Gasteiger partial charge on any atom is 0.157 e. The normalized spacial score (nSPS) is 11.1.